The van der Waals surface area contributed by atoms with Crippen molar-refractivity contribution in [1.29, 1.82) is 0 Å². The highest BCUT2D eigenvalue weighted by Crippen LogP contribution is 2.37. The minimum Gasteiger partial charge on any atom is -0.327 e. The number of hydrogen-bond donors (Lipinski definition) is 0. The van der Waals surface area contributed by atoms with E-state index in [1.807, 2.05) is 6.92 Å². The van der Waals surface area contributed by atoms with Crippen molar-refractivity contribution in [3.8, 4) is 11.6 Å². The van der Waals surface area contributed by atoms with Gasteiger partial charge in [-0.05, 0) is 18.1 Å². The first kappa shape index (κ1) is 21.2. The molecule has 1 amide bonds. The maximum absolute atomic E-state index is 13.2. The zero-order valence-electron chi connectivity index (χ0n) is 16.1. The van der Waals surface area contributed by atoms with Gasteiger partial charge in [0.15, 0.2) is 11.6 Å². The molecule has 1 atom stereocenters. The van der Waals surface area contributed by atoms with E-state index in [1.165, 1.54) is 21.6 Å². The summed E-state index contributed by atoms with van der Waals surface area (Å²) in [5, 5.41) is 7.44. The summed E-state index contributed by atoms with van der Waals surface area (Å²) < 4.78 is 54.2. The fourth-order valence-corrected chi connectivity index (χ4v) is 3.78. The number of rotatable bonds is 4. The maximum atomic E-state index is 13.2. The van der Waals surface area contributed by atoms with Gasteiger partial charge in [-0.1, -0.05) is 30.7 Å². The predicted octanol–water partition coefficient (Wildman–Crippen LogP) is 3.98. The quantitative estimate of drug-likeness (QED) is 0.557. The smallest absolute Gasteiger partial charge is 0.327 e. The van der Waals surface area contributed by atoms with Crippen LogP contribution in [-0.2, 0) is 19.3 Å². The number of amides is 1. The van der Waals surface area contributed by atoms with E-state index in [1.54, 1.807) is 0 Å². The van der Waals surface area contributed by atoms with E-state index in [9.17, 15) is 22.4 Å². The molecule has 3 aromatic rings. The first-order chi connectivity index (χ1) is 14.7. The lowest BCUT2D eigenvalue weighted by Crippen LogP contribution is -2.47. The van der Waals surface area contributed by atoms with Crippen molar-refractivity contribution in [3.05, 3.63) is 58.4 Å². The SMILES string of the molecule is CCC1Cn2c(nnc2-c2ncc(F)cn2)C(=O)N1Cc1cccc(C(F)(F)F)c1Cl. The normalized spacial score (nSPS) is 16.5. The molecule has 0 aliphatic carbocycles. The summed E-state index contributed by atoms with van der Waals surface area (Å²) >= 11 is 6.01. The number of hydrogen-bond acceptors (Lipinski definition) is 5. The molecule has 1 aliphatic heterocycles. The Hall–Kier alpha value is -3.08. The summed E-state index contributed by atoms with van der Waals surface area (Å²) in [5.74, 6) is -0.812. The Balaban J connectivity index is 1.69. The molecule has 0 spiro atoms. The third kappa shape index (κ3) is 3.85. The van der Waals surface area contributed by atoms with Gasteiger partial charge in [0, 0.05) is 13.1 Å². The van der Waals surface area contributed by atoms with Gasteiger partial charge in [-0.3, -0.25) is 9.36 Å². The predicted molar refractivity (Wildman–Crippen MR) is 101 cm³/mol. The highest BCUT2D eigenvalue weighted by atomic mass is 35.5. The van der Waals surface area contributed by atoms with E-state index in [0.717, 1.165) is 18.5 Å². The number of carbonyl (C=O) groups excluding carboxylic acids is 1. The van der Waals surface area contributed by atoms with Crippen molar-refractivity contribution in [2.75, 3.05) is 0 Å². The maximum Gasteiger partial charge on any atom is 0.417 e. The molecule has 0 saturated carbocycles. The van der Waals surface area contributed by atoms with Crippen LogP contribution in [0.3, 0.4) is 0 Å². The van der Waals surface area contributed by atoms with Crippen LogP contribution >= 0.6 is 11.6 Å². The molecule has 1 aliphatic rings. The lowest BCUT2D eigenvalue weighted by molar-refractivity contribution is -0.137. The van der Waals surface area contributed by atoms with Gasteiger partial charge in [0.05, 0.1) is 29.0 Å². The Labute approximate surface area is 178 Å². The Morgan fingerprint density at radius 3 is 2.48 bits per heavy atom. The molecule has 0 saturated heterocycles. The number of carbonyl (C=O) groups is 1. The molecule has 1 aromatic carbocycles. The van der Waals surface area contributed by atoms with E-state index in [4.69, 9.17) is 11.6 Å². The summed E-state index contributed by atoms with van der Waals surface area (Å²) in [5.41, 5.74) is -0.776. The van der Waals surface area contributed by atoms with Gasteiger partial charge < -0.3 is 4.90 Å². The van der Waals surface area contributed by atoms with Crippen LogP contribution in [0, 0.1) is 5.82 Å². The van der Waals surface area contributed by atoms with Gasteiger partial charge in [0.2, 0.25) is 11.6 Å². The summed E-state index contributed by atoms with van der Waals surface area (Å²) in [4.78, 5) is 22.3. The van der Waals surface area contributed by atoms with Gasteiger partial charge in [0.25, 0.3) is 5.91 Å². The van der Waals surface area contributed by atoms with Crippen LogP contribution < -0.4 is 0 Å². The Morgan fingerprint density at radius 2 is 1.84 bits per heavy atom. The Morgan fingerprint density at radius 1 is 1.16 bits per heavy atom. The average Bonchev–Trinajstić information content (AvgIpc) is 3.15. The molecule has 3 heterocycles. The molecule has 0 fully saturated rings. The van der Waals surface area contributed by atoms with Crippen LogP contribution in [-0.4, -0.2) is 41.6 Å². The molecule has 162 valence electrons. The molecule has 7 nitrogen and oxygen atoms in total. The number of fused-ring (bicyclic) bond motifs is 1. The topological polar surface area (TPSA) is 76.8 Å². The summed E-state index contributed by atoms with van der Waals surface area (Å²) in [6.07, 6.45) is -2.13. The number of aromatic nitrogens is 5. The van der Waals surface area contributed by atoms with Gasteiger partial charge >= 0.3 is 6.18 Å². The second kappa shape index (κ2) is 7.88. The molecule has 0 radical (unpaired) electrons. The van der Waals surface area contributed by atoms with Crippen molar-refractivity contribution < 1.29 is 22.4 Å². The monoisotopic (exact) mass is 454 g/mol. The second-order valence-electron chi connectivity index (χ2n) is 6.95. The van der Waals surface area contributed by atoms with Gasteiger partial charge in [0.1, 0.15) is 0 Å². The zero-order chi connectivity index (χ0) is 22.3. The van der Waals surface area contributed by atoms with Crippen molar-refractivity contribution in [2.45, 2.75) is 38.7 Å². The van der Waals surface area contributed by atoms with Crippen molar-refractivity contribution in [1.82, 2.24) is 29.6 Å². The number of alkyl halides is 3. The minimum atomic E-state index is -4.60. The molecule has 2 aromatic heterocycles. The summed E-state index contributed by atoms with van der Waals surface area (Å²) in [6.45, 7) is 2.01. The zero-order valence-corrected chi connectivity index (χ0v) is 16.8. The number of benzene rings is 1. The molecule has 0 N–H and O–H groups in total. The highest BCUT2D eigenvalue weighted by molar-refractivity contribution is 6.32. The summed E-state index contributed by atoms with van der Waals surface area (Å²) in [7, 11) is 0. The molecule has 31 heavy (non-hydrogen) atoms. The van der Waals surface area contributed by atoms with Crippen LogP contribution in [0.4, 0.5) is 17.6 Å². The van der Waals surface area contributed by atoms with Crippen LogP contribution in [0.2, 0.25) is 5.02 Å². The van der Waals surface area contributed by atoms with Crippen molar-refractivity contribution in [3.63, 3.8) is 0 Å². The third-order valence-corrected chi connectivity index (χ3v) is 5.50. The van der Waals surface area contributed by atoms with Crippen LogP contribution in [0.25, 0.3) is 11.6 Å². The van der Waals surface area contributed by atoms with E-state index >= 15 is 0 Å². The minimum absolute atomic E-state index is 0.00396. The Kier molecular flexibility index (Phi) is 5.38. The average molecular weight is 455 g/mol. The summed E-state index contributed by atoms with van der Waals surface area (Å²) in [6, 6.07) is 3.24. The van der Waals surface area contributed by atoms with Crippen molar-refractivity contribution in [2.24, 2.45) is 0 Å². The third-order valence-electron chi connectivity index (χ3n) is 5.05. The fourth-order valence-electron chi connectivity index (χ4n) is 3.49. The van der Waals surface area contributed by atoms with Crippen molar-refractivity contribution >= 4 is 17.5 Å². The van der Waals surface area contributed by atoms with Crippen LogP contribution in [0.5, 0.6) is 0 Å². The fraction of sp³-hybridized carbons (Fsp3) is 0.316. The molecule has 12 heteroatoms. The van der Waals surface area contributed by atoms with Gasteiger partial charge in [-0.25, -0.2) is 14.4 Å². The Bertz CT molecular complexity index is 1130. The molecule has 1 unspecified atom stereocenters. The van der Waals surface area contributed by atoms with Gasteiger partial charge in [-0.2, -0.15) is 13.2 Å². The van der Waals surface area contributed by atoms with Crippen LogP contribution in [0.1, 0.15) is 35.1 Å². The molecule has 4 rings (SSSR count). The highest BCUT2D eigenvalue weighted by Gasteiger charge is 2.38. The van der Waals surface area contributed by atoms with Crippen LogP contribution in [0.15, 0.2) is 30.6 Å². The molecular formula is C19H15ClF4N6O. The van der Waals surface area contributed by atoms with E-state index in [2.05, 4.69) is 20.2 Å². The first-order valence-corrected chi connectivity index (χ1v) is 9.65. The second-order valence-corrected chi connectivity index (χ2v) is 7.33. The lowest BCUT2D eigenvalue weighted by atomic mass is 10.1. The number of nitrogens with zero attached hydrogens (tertiary/aromatic N) is 6. The van der Waals surface area contributed by atoms with Gasteiger partial charge in [-0.15, -0.1) is 10.2 Å². The largest absolute Gasteiger partial charge is 0.417 e. The molecular weight excluding hydrogens is 440 g/mol. The lowest BCUT2D eigenvalue weighted by Gasteiger charge is -2.35. The van der Waals surface area contributed by atoms with E-state index in [-0.39, 0.29) is 42.2 Å². The standard InChI is InChI=1S/C19H15ClF4N6O/c1-2-12-9-30-16(15-25-6-11(21)7-26-15)27-28-17(30)18(31)29(12)8-10-4-3-5-13(14(10)20)19(22,23)24/h3-7,12H,2,8-9H2,1H3. The van der Waals surface area contributed by atoms with E-state index in [0.29, 0.717) is 6.42 Å². The van der Waals surface area contributed by atoms with E-state index < -0.39 is 28.5 Å². The number of halogens is 5. The first-order valence-electron chi connectivity index (χ1n) is 9.27. The molecule has 0 bridgehead atoms.